The van der Waals surface area contributed by atoms with Gasteiger partial charge in [0.25, 0.3) is 0 Å². The SMILES string of the molecule is C=C(O[C@@H]1CCN(C=O)C1)/C(C)=C\C(=C/C)c1ncnc(Nc2ccc(N3CCN(C4COC4)CC3)cc2)n1. The average molecular weight is 532 g/mol. The molecule has 3 fully saturated rings. The highest BCUT2D eigenvalue weighted by atomic mass is 16.5. The second-order valence-electron chi connectivity index (χ2n) is 10.1. The molecule has 0 unspecified atom stereocenters. The molecule has 3 saturated heterocycles. The lowest BCUT2D eigenvalue weighted by Gasteiger charge is -2.43. The molecule has 1 amide bonds. The Labute approximate surface area is 230 Å². The highest BCUT2D eigenvalue weighted by molar-refractivity contribution is 5.71. The second-order valence-corrected chi connectivity index (χ2v) is 10.1. The Balaban J connectivity index is 1.18. The minimum atomic E-state index is -0.0356. The monoisotopic (exact) mass is 531 g/mol. The van der Waals surface area contributed by atoms with Gasteiger partial charge in [-0.3, -0.25) is 9.69 Å². The third-order valence-corrected chi connectivity index (χ3v) is 7.53. The standard InChI is InChI=1S/C29H37N7O3/c1-4-23(15-21(2)22(3)39-27-9-10-34(16-27)20-37)28-30-19-31-29(33-28)32-24-5-7-25(8-6-24)35-11-13-36(14-12-35)26-17-38-18-26/h4-8,15,19-20,26-27H,3,9-14,16-18H2,1-2H3,(H,30,31,32,33)/b21-15-,23-4+/t27-/m1/s1. The molecule has 0 saturated carbocycles. The Hall–Kier alpha value is -3.76. The van der Waals surface area contributed by atoms with Gasteiger partial charge in [0.05, 0.1) is 25.8 Å². The van der Waals surface area contributed by atoms with Crippen LogP contribution in [0.3, 0.4) is 0 Å². The summed E-state index contributed by atoms with van der Waals surface area (Å²) in [6, 6.07) is 9.00. The van der Waals surface area contributed by atoms with Crippen molar-refractivity contribution in [3.05, 3.63) is 66.5 Å². The van der Waals surface area contributed by atoms with Crippen molar-refractivity contribution >= 4 is 29.3 Å². The van der Waals surface area contributed by atoms with Crippen LogP contribution in [0.15, 0.2) is 60.7 Å². The van der Waals surface area contributed by atoms with Crippen molar-refractivity contribution in [3.8, 4) is 0 Å². The van der Waals surface area contributed by atoms with Crippen molar-refractivity contribution in [1.29, 1.82) is 0 Å². The van der Waals surface area contributed by atoms with Crippen molar-refractivity contribution < 1.29 is 14.3 Å². The molecule has 10 nitrogen and oxygen atoms in total. The zero-order valence-corrected chi connectivity index (χ0v) is 22.8. The third-order valence-electron chi connectivity index (χ3n) is 7.53. The van der Waals surface area contributed by atoms with Crippen LogP contribution in [0.4, 0.5) is 17.3 Å². The van der Waals surface area contributed by atoms with Gasteiger partial charge in [0.15, 0.2) is 5.82 Å². The Morgan fingerprint density at radius 1 is 1.13 bits per heavy atom. The van der Waals surface area contributed by atoms with Crippen LogP contribution in [0.5, 0.6) is 0 Å². The van der Waals surface area contributed by atoms with Gasteiger partial charge in [0.1, 0.15) is 18.2 Å². The zero-order chi connectivity index (χ0) is 27.2. The Kier molecular flexibility index (Phi) is 8.53. The lowest BCUT2D eigenvalue weighted by molar-refractivity contribution is -0.117. The van der Waals surface area contributed by atoms with E-state index in [1.807, 2.05) is 26.0 Å². The van der Waals surface area contributed by atoms with Gasteiger partial charge in [-0.25, -0.2) is 9.97 Å². The second kappa shape index (κ2) is 12.4. The van der Waals surface area contributed by atoms with E-state index in [0.717, 1.165) is 69.1 Å². The Bertz CT molecular complexity index is 1220. The number of nitrogens with zero attached hydrogens (tertiary/aromatic N) is 6. The largest absolute Gasteiger partial charge is 0.489 e. The maximum Gasteiger partial charge on any atom is 0.230 e. The van der Waals surface area contributed by atoms with Crippen LogP contribution < -0.4 is 10.2 Å². The minimum Gasteiger partial charge on any atom is -0.489 e. The normalized spacial score (nSPS) is 21.0. The topological polar surface area (TPSA) is 95.9 Å². The number of benzene rings is 1. The summed E-state index contributed by atoms with van der Waals surface area (Å²) in [4.78, 5) is 31.0. The van der Waals surface area contributed by atoms with Crippen LogP contribution in [-0.4, -0.2) is 95.8 Å². The van der Waals surface area contributed by atoms with Gasteiger partial charge >= 0.3 is 0 Å². The molecule has 0 aliphatic carbocycles. The van der Waals surface area contributed by atoms with Crippen molar-refractivity contribution in [2.45, 2.75) is 32.4 Å². The number of anilines is 3. The number of amides is 1. The van der Waals surface area contributed by atoms with Crippen molar-refractivity contribution in [2.75, 3.05) is 62.7 Å². The van der Waals surface area contributed by atoms with E-state index in [-0.39, 0.29) is 6.10 Å². The number of nitrogens with one attached hydrogen (secondary N) is 1. The fourth-order valence-electron chi connectivity index (χ4n) is 4.99. The molecule has 39 heavy (non-hydrogen) atoms. The summed E-state index contributed by atoms with van der Waals surface area (Å²) in [6.45, 7) is 15.2. The van der Waals surface area contributed by atoms with Crippen LogP contribution in [0, 0.1) is 0 Å². The molecule has 1 N–H and O–H groups in total. The summed E-state index contributed by atoms with van der Waals surface area (Å²) in [5, 5.41) is 3.30. The summed E-state index contributed by atoms with van der Waals surface area (Å²) >= 11 is 0. The van der Waals surface area contributed by atoms with Crippen LogP contribution in [-0.2, 0) is 14.3 Å². The fourth-order valence-corrected chi connectivity index (χ4v) is 4.99. The number of piperazine rings is 1. The first-order chi connectivity index (χ1) is 19.0. The molecule has 1 atom stereocenters. The van der Waals surface area contributed by atoms with E-state index < -0.39 is 0 Å². The molecule has 3 aliphatic rings. The third kappa shape index (κ3) is 6.63. The number of carbonyl (C=O) groups is 1. The number of hydrogen-bond donors (Lipinski definition) is 1. The predicted molar refractivity (Wildman–Crippen MR) is 152 cm³/mol. The highest BCUT2D eigenvalue weighted by Gasteiger charge is 2.29. The van der Waals surface area contributed by atoms with Crippen LogP contribution in [0.2, 0.25) is 0 Å². The van der Waals surface area contributed by atoms with Crippen molar-refractivity contribution in [2.24, 2.45) is 0 Å². The van der Waals surface area contributed by atoms with Gasteiger partial charge in [-0.05, 0) is 49.8 Å². The van der Waals surface area contributed by atoms with Gasteiger partial charge in [-0.15, -0.1) is 0 Å². The number of rotatable bonds is 10. The molecule has 5 rings (SSSR count). The van der Waals surface area contributed by atoms with Crippen LogP contribution in [0.25, 0.3) is 5.57 Å². The summed E-state index contributed by atoms with van der Waals surface area (Å²) in [5.74, 6) is 1.61. The fraction of sp³-hybridized carbons (Fsp3) is 0.448. The van der Waals surface area contributed by atoms with E-state index >= 15 is 0 Å². The minimum absolute atomic E-state index is 0.0356. The summed E-state index contributed by atoms with van der Waals surface area (Å²) < 4.78 is 11.3. The van der Waals surface area contributed by atoms with Crippen molar-refractivity contribution in [3.63, 3.8) is 0 Å². The van der Waals surface area contributed by atoms with Gasteiger partial charge in [0, 0.05) is 56.1 Å². The molecular formula is C29H37N7O3. The van der Waals surface area contributed by atoms with Gasteiger partial charge in [-0.1, -0.05) is 12.7 Å². The lowest BCUT2D eigenvalue weighted by Crippen LogP contribution is -2.56. The molecule has 10 heteroatoms. The Morgan fingerprint density at radius 2 is 1.90 bits per heavy atom. The Morgan fingerprint density at radius 3 is 2.54 bits per heavy atom. The quantitative estimate of drug-likeness (QED) is 0.282. The predicted octanol–water partition coefficient (Wildman–Crippen LogP) is 3.25. The van der Waals surface area contributed by atoms with Gasteiger partial charge in [-0.2, -0.15) is 4.98 Å². The van der Waals surface area contributed by atoms with E-state index in [1.54, 1.807) is 4.90 Å². The number of carbonyl (C=O) groups excluding carboxylic acids is 1. The van der Waals surface area contributed by atoms with Gasteiger partial charge in [0.2, 0.25) is 12.4 Å². The number of likely N-dealkylation sites (tertiary alicyclic amines) is 1. The molecular weight excluding hydrogens is 494 g/mol. The smallest absolute Gasteiger partial charge is 0.230 e. The molecule has 0 bridgehead atoms. The molecule has 1 aromatic heterocycles. The number of ether oxygens (including phenoxy) is 2. The maximum absolute atomic E-state index is 11.0. The molecule has 4 heterocycles. The summed E-state index contributed by atoms with van der Waals surface area (Å²) in [6.07, 6.45) is 7.05. The van der Waals surface area contributed by atoms with E-state index in [0.29, 0.717) is 36.7 Å². The number of aromatic nitrogens is 3. The first-order valence-corrected chi connectivity index (χ1v) is 13.6. The zero-order valence-electron chi connectivity index (χ0n) is 22.8. The number of hydrogen-bond acceptors (Lipinski definition) is 9. The molecule has 0 radical (unpaired) electrons. The number of allylic oxidation sites excluding steroid dienone is 4. The lowest BCUT2D eigenvalue weighted by atomic mass is 10.1. The summed E-state index contributed by atoms with van der Waals surface area (Å²) in [5.41, 5.74) is 3.85. The van der Waals surface area contributed by atoms with Crippen LogP contribution >= 0.6 is 0 Å². The molecule has 1 aromatic carbocycles. The molecule has 2 aromatic rings. The van der Waals surface area contributed by atoms with E-state index in [2.05, 4.69) is 60.9 Å². The molecule has 3 aliphatic heterocycles. The highest BCUT2D eigenvalue weighted by Crippen LogP contribution is 2.24. The van der Waals surface area contributed by atoms with Gasteiger partial charge < -0.3 is 24.6 Å². The van der Waals surface area contributed by atoms with Crippen molar-refractivity contribution in [1.82, 2.24) is 24.8 Å². The van der Waals surface area contributed by atoms with E-state index in [4.69, 9.17) is 9.47 Å². The summed E-state index contributed by atoms with van der Waals surface area (Å²) in [7, 11) is 0. The molecule has 0 spiro atoms. The first-order valence-electron chi connectivity index (χ1n) is 13.6. The maximum atomic E-state index is 11.0. The average Bonchev–Trinajstić information content (AvgIpc) is 3.39. The molecule has 206 valence electrons. The van der Waals surface area contributed by atoms with E-state index in [9.17, 15) is 4.79 Å². The van der Waals surface area contributed by atoms with E-state index in [1.165, 1.54) is 12.0 Å². The first kappa shape index (κ1) is 26.8. The van der Waals surface area contributed by atoms with Crippen LogP contribution in [0.1, 0.15) is 26.1 Å².